The minimum absolute atomic E-state index is 0.0929. The van der Waals surface area contributed by atoms with Crippen molar-refractivity contribution in [2.24, 2.45) is 0 Å². The van der Waals surface area contributed by atoms with Gasteiger partial charge in [-0.15, -0.1) is 11.8 Å². The number of thioether (sulfide) groups is 1. The molecule has 1 saturated heterocycles. The normalized spacial score (nSPS) is 15.2. The van der Waals surface area contributed by atoms with E-state index in [2.05, 4.69) is 10.0 Å². The number of para-hydroxylation sites is 1. The summed E-state index contributed by atoms with van der Waals surface area (Å²) < 4.78 is 28.5. The molecule has 2 N–H and O–H groups in total. The Labute approximate surface area is 238 Å². The average Bonchev–Trinajstić information content (AvgIpc) is 3.31. The molecule has 1 fully saturated rings. The van der Waals surface area contributed by atoms with E-state index < -0.39 is 10.0 Å². The van der Waals surface area contributed by atoms with E-state index in [0.29, 0.717) is 29.2 Å². The molecule has 2 amide bonds. The highest BCUT2D eigenvalue weighted by Gasteiger charge is 2.32. The zero-order valence-electron chi connectivity index (χ0n) is 22.1. The van der Waals surface area contributed by atoms with E-state index in [-0.39, 0.29) is 22.1 Å². The molecule has 1 unspecified atom stereocenters. The highest BCUT2D eigenvalue weighted by molar-refractivity contribution is 8.00. The second-order valence-electron chi connectivity index (χ2n) is 9.64. The molecule has 4 aromatic rings. The second kappa shape index (κ2) is 11.6. The van der Waals surface area contributed by atoms with Gasteiger partial charge in [-0.3, -0.25) is 14.3 Å². The standard InChI is InChI=1S/C31H29N3O4S2/c1-21-7-6-8-22(2)29(21)33-40(37,38)27-17-15-26(16-18-27)32-30(36)24-11-13-25(14-12-24)31-34(28(35)20-39-31)19-23-9-4-3-5-10-23/h3-18,31,33H,19-20H2,1-2H3,(H,32,36). The van der Waals surface area contributed by atoms with Crippen molar-refractivity contribution in [1.29, 1.82) is 0 Å². The van der Waals surface area contributed by atoms with Gasteiger partial charge in [-0.05, 0) is 72.5 Å². The number of rotatable bonds is 8. The lowest BCUT2D eigenvalue weighted by Gasteiger charge is -2.24. The third-order valence-corrected chi connectivity index (χ3v) is 9.38. The summed E-state index contributed by atoms with van der Waals surface area (Å²) >= 11 is 1.57. The van der Waals surface area contributed by atoms with Gasteiger partial charge < -0.3 is 10.2 Å². The number of carbonyl (C=O) groups is 2. The molecule has 0 aromatic heterocycles. The Hall–Kier alpha value is -4.08. The predicted octanol–water partition coefficient (Wildman–Crippen LogP) is 6.13. The van der Waals surface area contributed by atoms with Gasteiger partial charge in [0.05, 0.1) is 16.3 Å². The van der Waals surface area contributed by atoms with Crippen LogP contribution in [0.4, 0.5) is 11.4 Å². The van der Waals surface area contributed by atoms with E-state index in [1.807, 2.05) is 79.4 Å². The molecule has 1 aliphatic rings. The van der Waals surface area contributed by atoms with Gasteiger partial charge in [0.1, 0.15) is 5.37 Å². The molecule has 204 valence electrons. The summed E-state index contributed by atoms with van der Waals surface area (Å²) in [7, 11) is -3.79. The minimum atomic E-state index is -3.79. The minimum Gasteiger partial charge on any atom is -0.322 e. The van der Waals surface area contributed by atoms with Crippen LogP contribution in [-0.2, 0) is 21.4 Å². The number of anilines is 2. The molecular formula is C31H29N3O4S2. The lowest BCUT2D eigenvalue weighted by atomic mass is 10.1. The molecule has 0 aliphatic carbocycles. The number of amides is 2. The van der Waals surface area contributed by atoms with Crippen molar-refractivity contribution in [3.05, 3.63) is 125 Å². The number of sulfonamides is 1. The summed E-state index contributed by atoms with van der Waals surface area (Å²) in [4.78, 5) is 27.4. The van der Waals surface area contributed by atoms with E-state index in [1.54, 1.807) is 36.0 Å². The molecule has 1 atom stereocenters. The largest absolute Gasteiger partial charge is 0.322 e. The second-order valence-corrected chi connectivity index (χ2v) is 12.4. The zero-order valence-corrected chi connectivity index (χ0v) is 23.8. The van der Waals surface area contributed by atoms with E-state index in [4.69, 9.17) is 0 Å². The Bertz CT molecular complexity index is 1620. The van der Waals surface area contributed by atoms with E-state index >= 15 is 0 Å². The van der Waals surface area contributed by atoms with Crippen molar-refractivity contribution >= 4 is 45.0 Å². The third-order valence-electron chi connectivity index (χ3n) is 6.76. The van der Waals surface area contributed by atoms with Gasteiger partial charge in [-0.25, -0.2) is 8.42 Å². The molecule has 0 bridgehead atoms. The Morgan fingerprint density at radius 2 is 1.52 bits per heavy atom. The van der Waals surface area contributed by atoms with Gasteiger partial charge in [-0.1, -0.05) is 60.7 Å². The summed E-state index contributed by atoms with van der Waals surface area (Å²) in [5.41, 5.74) is 5.19. The number of nitrogens with zero attached hydrogens (tertiary/aromatic N) is 1. The van der Waals surface area contributed by atoms with Crippen LogP contribution in [0, 0.1) is 13.8 Å². The van der Waals surface area contributed by atoms with Crippen LogP contribution in [-0.4, -0.2) is 30.9 Å². The van der Waals surface area contributed by atoms with Crippen LogP contribution in [0.25, 0.3) is 0 Å². The molecule has 9 heteroatoms. The van der Waals surface area contributed by atoms with Crippen LogP contribution in [0.5, 0.6) is 0 Å². The summed E-state index contributed by atoms with van der Waals surface area (Å²) in [6, 6.07) is 28.7. The van der Waals surface area contributed by atoms with Gasteiger partial charge in [-0.2, -0.15) is 0 Å². The summed E-state index contributed by atoms with van der Waals surface area (Å²) in [5.74, 6) is 0.202. The zero-order chi connectivity index (χ0) is 28.3. The predicted molar refractivity (Wildman–Crippen MR) is 160 cm³/mol. The number of hydrogen-bond donors (Lipinski definition) is 2. The van der Waals surface area contributed by atoms with Gasteiger partial charge in [0.2, 0.25) is 5.91 Å². The van der Waals surface area contributed by atoms with E-state index in [0.717, 1.165) is 22.3 Å². The Morgan fingerprint density at radius 1 is 0.875 bits per heavy atom. The SMILES string of the molecule is Cc1cccc(C)c1NS(=O)(=O)c1ccc(NC(=O)c2ccc(C3SCC(=O)N3Cc3ccccc3)cc2)cc1. The molecule has 4 aromatic carbocycles. The third kappa shape index (κ3) is 6.05. The first-order valence-corrected chi connectivity index (χ1v) is 15.3. The van der Waals surface area contributed by atoms with Gasteiger partial charge in [0.25, 0.3) is 15.9 Å². The maximum Gasteiger partial charge on any atom is 0.261 e. The molecule has 0 radical (unpaired) electrons. The Balaban J connectivity index is 1.24. The molecular weight excluding hydrogens is 542 g/mol. The average molecular weight is 572 g/mol. The number of aryl methyl sites for hydroxylation is 2. The molecule has 1 heterocycles. The summed E-state index contributed by atoms with van der Waals surface area (Å²) in [6.07, 6.45) is 0. The lowest BCUT2D eigenvalue weighted by molar-refractivity contribution is -0.128. The molecule has 0 saturated carbocycles. The van der Waals surface area contributed by atoms with Crippen molar-refractivity contribution in [2.45, 2.75) is 30.7 Å². The number of benzene rings is 4. The summed E-state index contributed by atoms with van der Waals surface area (Å²) in [5, 5.41) is 2.70. The molecule has 40 heavy (non-hydrogen) atoms. The van der Waals surface area contributed by atoms with Crippen LogP contribution < -0.4 is 10.0 Å². The molecule has 0 spiro atoms. The summed E-state index contributed by atoms with van der Waals surface area (Å²) in [6.45, 7) is 4.23. The van der Waals surface area contributed by atoms with Crippen molar-refractivity contribution < 1.29 is 18.0 Å². The number of nitrogens with one attached hydrogen (secondary N) is 2. The van der Waals surface area contributed by atoms with Gasteiger partial charge in [0, 0.05) is 17.8 Å². The van der Waals surface area contributed by atoms with Crippen LogP contribution in [0.1, 0.15) is 38.0 Å². The fourth-order valence-electron chi connectivity index (χ4n) is 4.57. The maximum absolute atomic E-state index is 12.9. The molecule has 7 nitrogen and oxygen atoms in total. The highest BCUT2D eigenvalue weighted by atomic mass is 32.2. The van der Waals surface area contributed by atoms with Crippen molar-refractivity contribution in [3.63, 3.8) is 0 Å². The quantitative estimate of drug-likeness (QED) is 0.265. The monoisotopic (exact) mass is 571 g/mol. The smallest absolute Gasteiger partial charge is 0.261 e. The van der Waals surface area contributed by atoms with Crippen LogP contribution in [0.2, 0.25) is 0 Å². The first-order valence-electron chi connectivity index (χ1n) is 12.8. The lowest BCUT2D eigenvalue weighted by Crippen LogP contribution is -2.27. The number of carbonyl (C=O) groups excluding carboxylic acids is 2. The van der Waals surface area contributed by atoms with Crippen LogP contribution in [0.3, 0.4) is 0 Å². The van der Waals surface area contributed by atoms with Gasteiger partial charge in [0.15, 0.2) is 0 Å². The van der Waals surface area contributed by atoms with E-state index in [9.17, 15) is 18.0 Å². The maximum atomic E-state index is 12.9. The van der Waals surface area contributed by atoms with Gasteiger partial charge >= 0.3 is 0 Å². The first-order chi connectivity index (χ1) is 19.2. The van der Waals surface area contributed by atoms with Crippen molar-refractivity contribution in [2.75, 3.05) is 15.8 Å². The van der Waals surface area contributed by atoms with Crippen molar-refractivity contribution in [3.8, 4) is 0 Å². The van der Waals surface area contributed by atoms with E-state index in [1.165, 1.54) is 12.1 Å². The van der Waals surface area contributed by atoms with Crippen LogP contribution >= 0.6 is 11.8 Å². The molecule has 1 aliphatic heterocycles. The first kappa shape index (κ1) is 27.5. The topological polar surface area (TPSA) is 95.6 Å². The molecule has 5 rings (SSSR count). The fourth-order valence-corrected chi connectivity index (χ4v) is 6.96. The van der Waals surface area contributed by atoms with Crippen molar-refractivity contribution in [1.82, 2.24) is 4.90 Å². The van der Waals surface area contributed by atoms with Crippen LogP contribution in [0.15, 0.2) is 102 Å². The fraction of sp³-hybridized carbons (Fsp3) is 0.161. The highest BCUT2D eigenvalue weighted by Crippen LogP contribution is 2.39. The Kier molecular flexibility index (Phi) is 7.95. The Morgan fingerprint density at radius 3 is 2.17 bits per heavy atom. The number of hydrogen-bond acceptors (Lipinski definition) is 5.